The summed E-state index contributed by atoms with van der Waals surface area (Å²) in [4.78, 5) is 20.6. The van der Waals surface area contributed by atoms with Crippen molar-refractivity contribution in [1.82, 2.24) is 9.88 Å². The molecule has 1 aromatic heterocycles. The van der Waals surface area contributed by atoms with Crippen molar-refractivity contribution in [3.05, 3.63) is 48.7 Å². The van der Waals surface area contributed by atoms with E-state index in [1.54, 1.807) is 24.3 Å². The van der Waals surface area contributed by atoms with Crippen LogP contribution in [0.15, 0.2) is 53.6 Å². The van der Waals surface area contributed by atoms with E-state index in [1.807, 2.05) is 43.9 Å². The molecule has 2 aromatic rings. The molecule has 7 nitrogen and oxygen atoms in total. The van der Waals surface area contributed by atoms with E-state index in [4.69, 9.17) is 0 Å². The number of amides is 1. The van der Waals surface area contributed by atoms with Crippen LogP contribution in [0, 0.1) is 5.92 Å². The lowest BCUT2D eigenvalue weighted by Gasteiger charge is -2.36. The van der Waals surface area contributed by atoms with Gasteiger partial charge in [-0.25, -0.2) is 13.4 Å². The van der Waals surface area contributed by atoms with Crippen molar-refractivity contribution in [3.8, 4) is 0 Å². The van der Waals surface area contributed by atoms with Gasteiger partial charge < -0.3 is 9.80 Å². The summed E-state index contributed by atoms with van der Waals surface area (Å²) in [5, 5.41) is 0. The molecule has 3 rings (SSSR count). The summed E-state index contributed by atoms with van der Waals surface area (Å²) in [6, 6.07) is 12.4. The van der Waals surface area contributed by atoms with Crippen LogP contribution in [0.1, 0.15) is 20.8 Å². The minimum absolute atomic E-state index is 0.00436. The average molecular weight is 417 g/mol. The molecule has 1 amide bonds. The first-order valence-corrected chi connectivity index (χ1v) is 11.4. The fourth-order valence-corrected chi connectivity index (χ4v) is 4.87. The molecule has 0 bridgehead atoms. The number of carbonyl (C=O) groups excluding carboxylic acids is 1. The number of hydrogen-bond acceptors (Lipinski definition) is 5. The fourth-order valence-electron chi connectivity index (χ4n) is 3.45. The molecule has 29 heavy (non-hydrogen) atoms. The molecular weight excluding hydrogens is 388 g/mol. The lowest BCUT2D eigenvalue weighted by molar-refractivity contribution is -0.134. The van der Waals surface area contributed by atoms with Gasteiger partial charge in [0.15, 0.2) is 0 Å². The summed E-state index contributed by atoms with van der Waals surface area (Å²) in [5.41, 5.74) is 0.630. The molecule has 0 aliphatic carbocycles. The highest BCUT2D eigenvalue weighted by molar-refractivity contribution is 7.92. The molecule has 8 heteroatoms. The number of rotatable bonds is 6. The predicted octanol–water partition coefficient (Wildman–Crippen LogP) is 2.60. The summed E-state index contributed by atoms with van der Waals surface area (Å²) < 4.78 is 27.5. The van der Waals surface area contributed by atoms with Gasteiger partial charge in [-0.2, -0.15) is 0 Å². The molecule has 1 saturated heterocycles. The lowest BCUT2D eigenvalue weighted by atomic mass is 10.1. The fraction of sp³-hybridized carbons (Fsp3) is 0.429. The molecule has 1 aliphatic rings. The van der Waals surface area contributed by atoms with E-state index in [-0.39, 0.29) is 16.7 Å². The second-order valence-corrected chi connectivity index (χ2v) is 9.19. The number of anilines is 2. The Morgan fingerprint density at radius 2 is 1.72 bits per heavy atom. The number of carbonyl (C=O) groups is 1. The van der Waals surface area contributed by atoms with Crippen LogP contribution in [-0.2, 0) is 14.8 Å². The van der Waals surface area contributed by atoms with Crippen LogP contribution in [0.5, 0.6) is 0 Å². The Morgan fingerprint density at radius 3 is 2.24 bits per heavy atom. The minimum Gasteiger partial charge on any atom is -0.353 e. The maximum Gasteiger partial charge on any atom is 0.265 e. The molecule has 0 atom stereocenters. The van der Waals surface area contributed by atoms with E-state index in [9.17, 15) is 13.2 Å². The molecular formula is C21H28N4O3S. The summed E-state index contributed by atoms with van der Waals surface area (Å²) in [5.74, 6) is 0.887. The van der Waals surface area contributed by atoms with E-state index in [1.165, 1.54) is 10.5 Å². The van der Waals surface area contributed by atoms with Crippen LogP contribution in [0.2, 0.25) is 0 Å². The zero-order valence-corrected chi connectivity index (χ0v) is 18.0. The number of benzene rings is 1. The lowest BCUT2D eigenvalue weighted by Crippen LogP contribution is -2.50. The molecule has 0 spiro atoms. The highest BCUT2D eigenvalue weighted by Gasteiger charge is 2.26. The van der Waals surface area contributed by atoms with Crippen molar-refractivity contribution in [3.63, 3.8) is 0 Å². The van der Waals surface area contributed by atoms with Crippen molar-refractivity contribution < 1.29 is 13.2 Å². The Kier molecular flexibility index (Phi) is 6.42. The van der Waals surface area contributed by atoms with Crippen molar-refractivity contribution in [1.29, 1.82) is 0 Å². The van der Waals surface area contributed by atoms with Gasteiger partial charge in [-0.3, -0.25) is 9.10 Å². The highest BCUT2D eigenvalue weighted by Crippen LogP contribution is 2.24. The molecule has 0 saturated carbocycles. The number of nitrogens with zero attached hydrogens (tertiary/aromatic N) is 4. The van der Waals surface area contributed by atoms with Crippen LogP contribution in [0.4, 0.5) is 11.5 Å². The normalized spacial score (nSPS) is 14.9. The SMILES string of the molecule is CCN(c1ccccc1)S(=O)(=O)c1ccc(N2CCN(C(=O)C(C)C)CC2)nc1. The Balaban J connectivity index is 1.72. The van der Waals surface area contributed by atoms with Gasteiger partial charge in [-0.1, -0.05) is 32.0 Å². The minimum atomic E-state index is -3.68. The molecule has 1 fully saturated rings. The Morgan fingerprint density at radius 1 is 1.07 bits per heavy atom. The third kappa shape index (κ3) is 4.53. The number of sulfonamides is 1. The summed E-state index contributed by atoms with van der Waals surface area (Å²) in [6.07, 6.45) is 1.42. The predicted molar refractivity (Wildman–Crippen MR) is 115 cm³/mol. The Hall–Kier alpha value is -2.61. The number of piperazine rings is 1. The van der Waals surface area contributed by atoms with E-state index < -0.39 is 10.0 Å². The first-order valence-electron chi connectivity index (χ1n) is 9.92. The maximum absolute atomic E-state index is 13.1. The molecule has 1 aliphatic heterocycles. The van der Waals surface area contributed by atoms with Crippen LogP contribution >= 0.6 is 0 Å². The van der Waals surface area contributed by atoms with Gasteiger partial charge in [0.05, 0.1) is 5.69 Å². The molecule has 0 radical (unpaired) electrons. The van der Waals surface area contributed by atoms with Crippen LogP contribution < -0.4 is 9.21 Å². The van der Waals surface area contributed by atoms with E-state index >= 15 is 0 Å². The van der Waals surface area contributed by atoms with Gasteiger partial charge in [0.2, 0.25) is 5.91 Å². The zero-order chi connectivity index (χ0) is 21.0. The smallest absolute Gasteiger partial charge is 0.265 e. The third-order valence-electron chi connectivity index (χ3n) is 5.05. The van der Waals surface area contributed by atoms with Gasteiger partial charge in [-0.15, -0.1) is 0 Å². The van der Waals surface area contributed by atoms with E-state index in [2.05, 4.69) is 9.88 Å². The molecule has 2 heterocycles. The molecule has 0 unspecified atom stereocenters. The molecule has 1 aromatic carbocycles. The summed E-state index contributed by atoms with van der Waals surface area (Å²) in [6.45, 7) is 8.62. The van der Waals surface area contributed by atoms with Crippen molar-refractivity contribution in [2.45, 2.75) is 25.7 Å². The summed E-state index contributed by atoms with van der Waals surface area (Å²) >= 11 is 0. The van der Waals surface area contributed by atoms with Crippen molar-refractivity contribution in [2.24, 2.45) is 5.92 Å². The quantitative estimate of drug-likeness (QED) is 0.724. The second-order valence-electron chi connectivity index (χ2n) is 7.32. The van der Waals surface area contributed by atoms with Gasteiger partial charge in [0.1, 0.15) is 10.7 Å². The van der Waals surface area contributed by atoms with Crippen LogP contribution in [0.25, 0.3) is 0 Å². The number of pyridine rings is 1. The second kappa shape index (κ2) is 8.82. The number of aromatic nitrogens is 1. The molecule has 156 valence electrons. The topological polar surface area (TPSA) is 73.8 Å². The van der Waals surface area contributed by atoms with Crippen LogP contribution in [0.3, 0.4) is 0 Å². The Labute approximate surface area is 173 Å². The van der Waals surface area contributed by atoms with Crippen molar-refractivity contribution >= 4 is 27.4 Å². The first kappa shape index (κ1) is 21.1. The van der Waals surface area contributed by atoms with E-state index in [0.717, 1.165) is 5.82 Å². The third-order valence-corrected chi connectivity index (χ3v) is 6.94. The highest BCUT2D eigenvalue weighted by atomic mass is 32.2. The monoisotopic (exact) mass is 416 g/mol. The van der Waals surface area contributed by atoms with Crippen molar-refractivity contribution in [2.75, 3.05) is 41.9 Å². The van der Waals surface area contributed by atoms with Gasteiger partial charge in [0, 0.05) is 44.8 Å². The standard InChI is InChI=1S/C21H28N4O3S/c1-4-25(18-8-6-5-7-9-18)29(27,28)19-10-11-20(22-16-19)23-12-14-24(15-13-23)21(26)17(2)3/h5-11,16-17H,4,12-15H2,1-3H3. The Bertz CT molecular complexity index is 922. The zero-order valence-electron chi connectivity index (χ0n) is 17.2. The van der Waals surface area contributed by atoms with Gasteiger partial charge >= 0.3 is 0 Å². The maximum atomic E-state index is 13.1. The average Bonchev–Trinajstić information content (AvgIpc) is 2.74. The summed E-state index contributed by atoms with van der Waals surface area (Å²) in [7, 11) is -3.68. The number of para-hydroxylation sites is 1. The van der Waals surface area contributed by atoms with Gasteiger partial charge in [-0.05, 0) is 31.2 Å². The number of hydrogen-bond donors (Lipinski definition) is 0. The first-order chi connectivity index (χ1) is 13.8. The van der Waals surface area contributed by atoms with Gasteiger partial charge in [0.25, 0.3) is 10.0 Å². The van der Waals surface area contributed by atoms with E-state index in [0.29, 0.717) is 38.4 Å². The van der Waals surface area contributed by atoms with Crippen LogP contribution in [-0.4, -0.2) is 56.9 Å². The molecule has 0 N–H and O–H groups in total. The largest absolute Gasteiger partial charge is 0.353 e.